The summed E-state index contributed by atoms with van der Waals surface area (Å²) >= 11 is 1.92. The van der Waals surface area contributed by atoms with Crippen molar-refractivity contribution >= 4 is 17.7 Å². The number of aliphatic hydroxyl groups excluding tert-OH is 1. The number of hydrogen-bond acceptors (Lipinski definition) is 4. The molecule has 1 rings (SSSR count). The number of esters is 1. The van der Waals surface area contributed by atoms with E-state index in [0.29, 0.717) is 36.7 Å². The van der Waals surface area contributed by atoms with Gasteiger partial charge in [-0.3, -0.25) is 4.79 Å². The number of ether oxygens (including phenoxy) is 1. The zero-order valence-corrected chi connectivity index (χ0v) is 18.7. The summed E-state index contributed by atoms with van der Waals surface area (Å²) in [7, 11) is 0. The van der Waals surface area contributed by atoms with Crippen LogP contribution >= 0.6 is 11.8 Å². The Morgan fingerprint density at radius 2 is 1.78 bits per heavy atom. The minimum Gasteiger partial charge on any atom is -0.466 e. The predicted octanol–water partition coefficient (Wildman–Crippen LogP) is 6.15. The molecule has 2 unspecified atom stereocenters. The monoisotopic (exact) mass is 398 g/mol. The molecule has 158 valence electrons. The molecule has 0 amide bonds. The average Bonchev–Trinajstić information content (AvgIpc) is 2.64. The second-order valence-electron chi connectivity index (χ2n) is 8.27. The van der Waals surface area contributed by atoms with Crippen molar-refractivity contribution in [3.63, 3.8) is 0 Å². The third kappa shape index (κ3) is 11.8. The molecule has 0 aliphatic heterocycles. The van der Waals surface area contributed by atoms with Gasteiger partial charge in [0.1, 0.15) is 0 Å². The Morgan fingerprint density at radius 3 is 2.41 bits per heavy atom. The van der Waals surface area contributed by atoms with Gasteiger partial charge in [0.15, 0.2) is 0 Å². The standard InChI is InChI=1S/C23H42O3S/c1-19(2)21-13-12-20(3)22(18-21)27-17-14-23(25)26-16-11-9-7-5-4-6-8-10-15-24/h18-20,22,24H,4-17H2,1-3H3. The fraction of sp³-hybridized carbons (Fsp3) is 0.870. The van der Waals surface area contributed by atoms with Crippen LogP contribution in [0.3, 0.4) is 0 Å². The van der Waals surface area contributed by atoms with E-state index in [1.165, 1.54) is 38.5 Å². The van der Waals surface area contributed by atoms with Crippen molar-refractivity contribution in [1.29, 1.82) is 0 Å². The summed E-state index contributed by atoms with van der Waals surface area (Å²) in [6.07, 6.45) is 14.6. The Balaban J connectivity index is 2.00. The maximum atomic E-state index is 11.9. The zero-order chi connectivity index (χ0) is 19.9. The molecule has 0 bridgehead atoms. The van der Waals surface area contributed by atoms with E-state index in [0.717, 1.165) is 31.4 Å². The Morgan fingerprint density at radius 1 is 1.15 bits per heavy atom. The molecule has 0 spiro atoms. The number of carbonyl (C=O) groups excluding carboxylic acids is 1. The average molecular weight is 399 g/mol. The van der Waals surface area contributed by atoms with Gasteiger partial charge < -0.3 is 9.84 Å². The molecule has 1 aliphatic carbocycles. The number of aliphatic hydroxyl groups is 1. The van der Waals surface area contributed by atoms with E-state index in [1.807, 2.05) is 11.8 Å². The molecular weight excluding hydrogens is 356 g/mol. The molecular formula is C23H42O3S. The van der Waals surface area contributed by atoms with Crippen molar-refractivity contribution in [2.45, 2.75) is 96.7 Å². The van der Waals surface area contributed by atoms with E-state index in [2.05, 4.69) is 26.8 Å². The van der Waals surface area contributed by atoms with Crippen molar-refractivity contribution < 1.29 is 14.6 Å². The third-order valence-electron chi connectivity index (χ3n) is 5.50. The van der Waals surface area contributed by atoms with Crippen LogP contribution < -0.4 is 0 Å². The lowest BCUT2D eigenvalue weighted by molar-refractivity contribution is -0.143. The molecule has 3 nitrogen and oxygen atoms in total. The molecule has 4 heteroatoms. The lowest BCUT2D eigenvalue weighted by Crippen LogP contribution is -2.20. The Labute approximate surface area is 171 Å². The van der Waals surface area contributed by atoms with Gasteiger partial charge >= 0.3 is 5.97 Å². The second kappa shape index (κ2) is 15.4. The molecule has 1 aliphatic rings. The van der Waals surface area contributed by atoms with Crippen LogP contribution in [0.1, 0.15) is 91.4 Å². The summed E-state index contributed by atoms with van der Waals surface area (Å²) in [6.45, 7) is 7.77. The summed E-state index contributed by atoms with van der Waals surface area (Å²) in [4.78, 5) is 11.9. The lowest BCUT2D eigenvalue weighted by Gasteiger charge is -2.28. The first kappa shape index (κ1) is 24.6. The van der Waals surface area contributed by atoms with Gasteiger partial charge in [-0.1, -0.05) is 70.9 Å². The zero-order valence-electron chi connectivity index (χ0n) is 17.9. The number of allylic oxidation sites excluding steroid dienone is 1. The molecule has 0 fully saturated rings. The summed E-state index contributed by atoms with van der Waals surface area (Å²) in [5, 5.41) is 9.28. The highest BCUT2D eigenvalue weighted by atomic mass is 32.2. The summed E-state index contributed by atoms with van der Waals surface area (Å²) in [5.74, 6) is 2.18. The third-order valence-corrected chi connectivity index (χ3v) is 6.93. The first-order valence-corrected chi connectivity index (χ1v) is 12.2. The molecule has 27 heavy (non-hydrogen) atoms. The normalized spacial score (nSPS) is 20.0. The molecule has 0 aromatic heterocycles. The van der Waals surface area contributed by atoms with E-state index < -0.39 is 0 Å². The summed E-state index contributed by atoms with van der Waals surface area (Å²) in [5.41, 5.74) is 1.58. The molecule has 0 saturated carbocycles. The largest absolute Gasteiger partial charge is 0.466 e. The minimum atomic E-state index is -0.0389. The highest BCUT2D eigenvalue weighted by Crippen LogP contribution is 2.34. The second-order valence-corrected chi connectivity index (χ2v) is 9.56. The van der Waals surface area contributed by atoms with E-state index in [-0.39, 0.29) is 5.97 Å². The molecule has 1 N–H and O–H groups in total. The number of rotatable bonds is 15. The molecule has 0 heterocycles. The van der Waals surface area contributed by atoms with Crippen LogP contribution in [0.5, 0.6) is 0 Å². The number of hydrogen-bond donors (Lipinski definition) is 1. The van der Waals surface area contributed by atoms with E-state index in [1.54, 1.807) is 5.57 Å². The topological polar surface area (TPSA) is 46.5 Å². The van der Waals surface area contributed by atoms with Crippen LogP contribution in [0.4, 0.5) is 0 Å². The highest BCUT2D eigenvalue weighted by molar-refractivity contribution is 8.00. The van der Waals surface area contributed by atoms with Crippen LogP contribution in [0.25, 0.3) is 0 Å². The van der Waals surface area contributed by atoms with Gasteiger partial charge in [0.2, 0.25) is 0 Å². The number of unbranched alkanes of at least 4 members (excludes halogenated alkanes) is 7. The maximum Gasteiger partial charge on any atom is 0.306 e. The van der Waals surface area contributed by atoms with Crippen molar-refractivity contribution in [2.75, 3.05) is 19.0 Å². The van der Waals surface area contributed by atoms with Crippen molar-refractivity contribution in [3.05, 3.63) is 11.6 Å². The fourth-order valence-corrected chi connectivity index (χ4v) is 4.81. The molecule has 2 atom stereocenters. The highest BCUT2D eigenvalue weighted by Gasteiger charge is 2.22. The number of thioether (sulfide) groups is 1. The Bertz CT molecular complexity index is 420. The maximum absolute atomic E-state index is 11.9. The molecule has 0 radical (unpaired) electrons. The van der Waals surface area contributed by atoms with Crippen LogP contribution in [-0.2, 0) is 9.53 Å². The molecule has 0 saturated heterocycles. The number of carbonyl (C=O) groups is 1. The van der Waals surface area contributed by atoms with Gasteiger partial charge in [0, 0.05) is 17.6 Å². The van der Waals surface area contributed by atoms with Crippen LogP contribution in [-0.4, -0.2) is 35.3 Å². The van der Waals surface area contributed by atoms with Gasteiger partial charge in [-0.2, -0.15) is 11.8 Å². The van der Waals surface area contributed by atoms with Gasteiger partial charge in [0.05, 0.1) is 13.0 Å². The van der Waals surface area contributed by atoms with E-state index in [9.17, 15) is 4.79 Å². The van der Waals surface area contributed by atoms with Crippen LogP contribution in [0, 0.1) is 11.8 Å². The van der Waals surface area contributed by atoms with Crippen LogP contribution in [0.2, 0.25) is 0 Å². The molecule has 0 aromatic carbocycles. The van der Waals surface area contributed by atoms with Gasteiger partial charge in [0.25, 0.3) is 0 Å². The van der Waals surface area contributed by atoms with Crippen molar-refractivity contribution in [3.8, 4) is 0 Å². The predicted molar refractivity (Wildman–Crippen MR) is 117 cm³/mol. The SMILES string of the molecule is CC(C)C1=CC(SCCC(=O)OCCCCCCCCCCO)C(C)CC1. The van der Waals surface area contributed by atoms with Gasteiger partial charge in [-0.25, -0.2) is 0 Å². The lowest BCUT2D eigenvalue weighted by atomic mass is 9.86. The Hall–Kier alpha value is -0.480. The quantitative estimate of drug-likeness (QED) is 0.204. The smallest absolute Gasteiger partial charge is 0.306 e. The molecule has 0 aromatic rings. The Kier molecular flexibility index (Phi) is 14.0. The van der Waals surface area contributed by atoms with Crippen molar-refractivity contribution in [2.24, 2.45) is 11.8 Å². The first-order valence-electron chi connectivity index (χ1n) is 11.1. The van der Waals surface area contributed by atoms with Crippen LogP contribution in [0.15, 0.2) is 11.6 Å². The van der Waals surface area contributed by atoms with Crippen molar-refractivity contribution in [1.82, 2.24) is 0 Å². The fourth-order valence-electron chi connectivity index (χ4n) is 3.52. The van der Waals surface area contributed by atoms with Gasteiger partial charge in [-0.15, -0.1) is 0 Å². The first-order chi connectivity index (χ1) is 13.0. The van der Waals surface area contributed by atoms with E-state index >= 15 is 0 Å². The summed E-state index contributed by atoms with van der Waals surface area (Å²) < 4.78 is 5.38. The summed E-state index contributed by atoms with van der Waals surface area (Å²) in [6, 6.07) is 0. The minimum absolute atomic E-state index is 0.0389. The van der Waals surface area contributed by atoms with E-state index in [4.69, 9.17) is 9.84 Å². The van der Waals surface area contributed by atoms with Gasteiger partial charge in [-0.05, 0) is 37.5 Å².